The summed E-state index contributed by atoms with van der Waals surface area (Å²) in [6.45, 7) is 0.782. The Morgan fingerprint density at radius 2 is 1.53 bits per heavy atom. The van der Waals surface area contributed by atoms with Crippen LogP contribution in [0.4, 0.5) is 5.69 Å². The van der Waals surface area contributed by atoms with Crippen LogP contribution in [-0.4, -0.2) is 7.05 Å². The molecule has 19 heavy (non-hydrogen) atoms. The van der Waals surface area contributed by atoms with Crippen molar-refractivity contribution in [3.8, 4) is 0 Å². The summed E-state index contributed by atoms with van der Waals surface area (Å²) in [7, 11) is 1.90. The molecule has 0 aromatic heterocycles. The normalized spacial score (nSPS) is 14.1. The standard InChI is InChI=1S/C8H10Br2N2.C6H12.ClH/c1-12-4-5-2-6(9)3-7(10)8(5)11;1-2-4-6-5-3-1;/h2-3,12H,4,11H2,1H3;1-6H2;1H. The molecule has 0 unspecified atom stereocenters. The Hall–Kier alpha value is 0.230. The van der Waals surface area contributed by atoms with Crippen molar-refractivity contribution in [3.05, 3.63) is 26.6 Å². The van der Waals surface area contributed by atoms with Gasteiger partial charge >= 0.3 is 0 Å². The van der Waals surface area contributed by atoms with Gasteiger partial charge in [-0.2, -0.15) is 0 Å². The van der Waals surface area contributed by atoms with Gasteiger partial charge in [0.25, 0.3) is 0 Å². The van der Waals surface area contributed by atoms with Gasteiger partial charge in [0.15, 0.2) is 0 Å². The molecular weight excluding hydrogens is 391 g/mol. The van der Waals surface area contributed by atoms with Gasteiger partial charge in [0, 0.05) is 15.5 Å². The smallest absolute Gasteiger partial charge is 0.0504 e. The van der Waals surface area contributed by atoms with Crippen LogP contribution >= 0.6 is 44.3 Å². The van der Waals surface area contributed by atoms with E-state index in [2.05, 4.69) is 37.2 Å². The zero-order chi connectivity index (χ0) is 13.4. The molecule has 0 radical (unpaired) electrons. The van der Waals surface area contributed by atoms with Gasteiger partial charge < -0.3 is 11.1 Å². The highest BCUT2D eigenvalue weighted by atomic mass is 79.9. The van der Waals surface area contributed by atoms with E-state index < -0.39 is 0 Å². The van der Waals surface area contributed by atoms with E-state index in [-0.39, 0.29) is 12.4 Å². The van der Waals surface area contributed by atoms with Crippen molar-refractivity contribution < 1.29 is 0 Å². The Bertz CT molecular complexity index is 357. The van der Waals surface area contributed by atoms with Crippen molar-refractivity contribution in [1.82, 2.24) is 5.32 Å². The molecule has 2 nitrogen and oxygen atoms in total. The van der Waals surface area contributed by atoms with Gasteiger partial charge in [-0.15, -0.1) is 12.4 Å². The number of benzene rings is 1. The fraction of sp³-hybridized carbons (Fsp3) is 0.571. The molecule has 3 N–H and O–H groups in total. The molecule has 5 heteroatoms. The molecule has 2 rings (SSSR count). The lowest BCUT2D eigenvalue weighted by molar-refractivity contribution is 0.504. The predicted molar refractivity (Wildman–Crippen MR) is 94.0 cm³/mol. The van der Waals surface area contributed by atoms with Crippen LogP contribution in [0, 0.1) is 0 Å². The highest BCUT2D eigenvalue weighted by Crippen LogP contribution is 2.27. The summed E-state index contributed by atoms with van der Waals surface area (Å²) in [4.78, 5) is 0. The van der Waals surface area contributed by atoms with Gasteiger partial charge in [-0.05, 0) is 40.7 Å². The number of halogens is 3. The molecule has 1 aliphatic carbocycles. The number of anilines is 1. The summed E-state index contributed by atoms with van der Waals surface area (Å²) >= 11 is 6.79. The molecule has 0 heterocycles. The first-order chi connectivity index (χ1) is 8.65. The van der Waals surface area contributed by atoms with E-state index in [0.29, 0.717) is 0 Å². The zero-order valence-electron chi connectivity index (χ0n) is 11.3. The number of rotatable bonds is 2. The van der Waals surface area contributed by atoms with Crippen LogP contribution in [0.25, 0.3) is 0 Å². The van der Waals surface area contributed by atoms with Crippen LogP contribution in [0.1, 0.15) is 44.1 Å². The average molecular weight is 415 g/mol. The number of nitrogens with two attached hydrogens (primary N) is 1. The Kier molecular flexibility index (Phi) is 11.1. The van der Waals surface area contributed by atoms with E-state index in [1.807, 2.05) is 19.2 Å². The lowest BCUT2D eigenvalue weighted by Gasteiger charge is -2.07. The number of nitrogens with one attached hydrogen (secondary N) is 1. The Labute approximate surface area is 139 Å². The summed E-state index contributed by atoms with van der Waals surface area (Å²) < 4.78 is 1.97. The second-order valence-electron chi connectivity index (χ2n) is 4.61. The van der Waals surface area contributed by atoms with E-state index in [4.69, 9.17) is 5.73 Å². The van der Waals surface area contributed by atoms with Crippen LogP contribution in [0.2, 0.25) is 0 Å². The molecule has 0 saturated heterocycles. The highest BCUT2D eigenvalue weighted by Gasteiger charge is 2.03. The summed E-state index contributed by atoms with van der Waals surface area (Å²) in [5.41, 5.74) is 7.72. The molecule has 0 amide bonds. The molecule has 1 fully saturated rings. The summed E-state index contributed by atoms with van der Waals surface area (Å²) in [5, 5.41) is 3.06. The molecule has 1 aromatic carbocycles. The van der Waals surface area contributed by atoms with Crippen LogP contribution in [0.3, 0.4) is 0 Å². The van der Waals surface area contributed by atoms with E-state index in [0.717, 1.165) is 26.7 Å². The Morgan fingerprint density at radius 3 is 1.95 bits per heavy atom. The van der Waals surface area contributed by atoms with E-state index >= 15 is 0 Å². The molecule has 0 spiro atoms. The lowest BCUT2D eigenvalue weighted by Crippen LogP contribution is -2.07. The third-order valence-corrected chi connectivity index (χ3v) is 4.16. The highest BCUT2D eigenvalue weighted by molar-refractivity contribution is 9.11. The lowest BCUT2D eigenvalue weighted by atomic mass is 10.0. The van der Waals surface area contributed by atoms with Crippen molar-refractivity contribution in [1.29, 1.82) is 0 Å². The maximum absolute atomic E-state index is 5.83. The van der Waals surface area contributed by atoms with Crippen LogP contribution in [0.15, 0.2) is 21.1 Å². The summed E-state index contributed by atoms with van der Waals surface area (Å²) in [6.07, 6.45) is 9.00. The molecule has 1 aliphatic rings. The second-order valence-corrected chi connectivity index (χ2v) is 6.38. The molecule has 0 atom stereocenters. The number of nitrogen functional groups attached to an aromatic ring is 1. The predicted octanol–water partition coefficient (Wildman–Crippen LogP) is 5.28. The third kappa shape index (κ3) is 7.54. The maximum Gasteiger partial charge on any atom is 0.0504 e. The topological polar surface area (TPSA) is 38.0 Å². The van der Waals surface area contributed by atoms with Crippen molar-refractivity contribution in [2.75, 3.05) is 12.8 Å². The zero-order valence-corrected chi connectivity index (χ0v) is 15.3. The maximum atomic E-state index is 5.83. The van der Waals surface area contributed by atoms with Gasteiger partial charge in [-0.1, -0.05) is 54.5 Å². The van der Waals surface area contributed by atoms with Crippen LogP contribution < -0.4 is 11.1 Å². The largest absolute Gasteiger partial charge is 0.398 e. The van der Waals surface area contributed by atoms with Crippen molar-refractivity contribution >= 4 is 50.0 Å². The van der Waals surface area contributed by atoms with E-state index in [9.17, 15) is 0 Å². The fourth-order valence-electron chi connectivity index (χ4n) is 2.04. The number of hydrogen-bond acceptors (Lipinski definition) is 2. The first-order valence-corrected chi connectivity index (χ1v) is 8.11. The van der Waals surface area contributed by atoms with Crippen molar-refractivity contribution in [2.24, 2.45) is 0 Å². The molecule has 110 valence electrons. The first kappa shape index (κ1) is 19.2. The fourth-order valence-corrected chi connectivity index (χ4v) is 3.35. The Morgan fingerprint density at radius 1 is 1.05 bits per heavy atom. The van der Waals surface area contributed by atoms with Crippen molar-refractivity contribution in [3.63, 3.8) is 0 Å². The van der Waals surface area contributed by atoms with Crippen molar-refractivity contribution in [2.45, 2.75) is 45.1 Å². The molecule has 0 bridgehead atoms. The number of hydrogen-bond donors (Lipinski definition) is 2. The average Bonchev–Trinajstić information content (AvgIpc) is 2.38. The monoisotopic (exact) mass is 412 g/mol. The minimum Gasteiger partial charge on any atom is -0.398 e. The quantitative estimate of drug-likeness (QED) is 0.647. The molecule has 0 aliphatic heterocycles. The van der Waals surface area contributed by atoms with Gasteiger partial charge in [-0.25, -0.2) is 0 Å². The third-order valence-electron chi connectivity index (χ3n) is 3.05. The van der Waals surface area contributed by atoms with E-state index in [1.54, 1.807) is 0 Å². The van der Waals surface area contributed by atoms with Gasteiger partial charge in [0.2, 0.25) is 0 Å². The molecule has 1 saturated carbocycles. The summed E-state index contributed by atoms with van der Waals surface area (Å²) in [6, 6.07) is 3.95. The van der Waals surface area contributed by atoms with Gasteiger partial charge in [0.1, 0.15) is 0 Å². The summed E-state index contributed by atoms with van der Waals surface area (Å²) in [5.74, 6) is 0. The minimum atomic E-state index is 0. The van der Waals surface area contributed by atoms with Gasteiger partial charge in [-0.3, -0.25) is 0 Å². The second kappa shape index (κ2) is 11.0. The first-order valence-electron chi connectivity index (χ1n) is 6.53. The van der Waals surface area contributed by atoms with Crippen LogP contribution in [-0.2, 0) is 6.54 Å². The van der Waals surface area contributed by atoms with Gasteiger partial charge in [0.05, 0.1) is 5.69 Å². The van der Waals surface area contributed by atoms with Crippen LogP contribution in [0.5, 0.6) is 0 Å². The minimum absolute atomic E-state index is 0. The SMILES string of the molecule is C1CCCCC1.CNCc1cc(Br)cc(Br)c1N.Cl. The van der Waals surface area contributed by atoms with E-state index in [1.165, 1.54) is 38.5 Å². The molecule has 1 aromatic rings. The molecular formula is C14H23Br2ClN2. The Balaban J connectivity index is 0.000000392.